The van der Waals surface area contributed by atoms with Gasteiger partial charge in [0.2, 0.25) is 0 Å². The van der Waals surface area contributed by atoms with Crippen molar-refractivity contribution < 1.29 is 4.55 Å². The van der Waals surface area contributed by atoms with Crippen molar-refractivity contribution in [3.05, 3.63) is 35.9 Å². The summed E-state index contributed by atoms with van der Waals surface area (Å²) < 4.78 is 16.4. The van der Waals surface area contributed by atoms with E-state index in [1.807, 2.05) is 39.0 Å². The minimum atomic E-state index is -1.17. The van der Waals surface area contributed by atoms with Gasteiger partial charge in [0.15, 0.2) is 0 Å². The van der Waals surface area contributed by atoms with Gasteiger partial charge in [-0.3, -0.25) is 0 Å². The first kappa shape index (κ1) is 14.6. The van der Waals surface area contributed by atoms with Crippen LogP contribution in [0.3, 0.4) is 0 Å². The molecular formula is C16H23NOS. The van der Waals surface area contributed by atoms with Gasteiger partial charge in [0, 0.05) is 5.56 Å². The summed E-state index contributed by atoms with van der Waals surface area (Å²) in [4.78, 5) is 0. The average molecular weight is 277 g/mol. The van der Waals surface area contributed by atoms with Crippen molar-refractivity contribution in [2.75, 3.05) is 0 Å². The second-order valence-corrected chi connectivity index (χ2v) is 8.15. The molecule has 0 aliphatic heterocycles. The lowest BCUT2D eigenvalue weighted by Gasteiger charge is -2.19. The van der Waals surface area contributed by atoms with Crippen LogP contribution in [0.4, 0.5) is 0 Å². The SMILES string of the molecule is CC(C)(C)[S+]([O-])/N=C(/CCC1CC1)c1ccccc1. The number of hydrogen-bond donors (Lipinski definition) is 0. The fourth-order valence-corrected chi connectivity index (χ4v) is 2.53. The molecule has 1 aliphatic carbocycles. The zero-order valence-corrected chi connectivity index (χ0v) is 12.9. The summed E-state index contributed by atoms with van der Waals surface area (Å²) in [7, 11) is 0. The van der Waals surface area contributed by atoms with Crippen LogP contribution in [0, 0.1) is 5.92 Å². The highest BCUT2D eigenvalue weighted by Gasteiger charge is 2.28. The maximum absolute atomic E-state index is 12.2. The standard InChI is InChI=1S/C16H23NOS/c1-16(2,3)19(18)17-15(12-11-13-9-10-13)14-7-5-4-6-8-14/h4-8,13H,9-12H2,1-3H3/b17-15-. The van der Waals surface area contributed by atoms with Gasteiger partial charge in [-0.25, -0.2) is 0 Å². The first-order valence-corrected chi connectivity index (χ1v) is 8.12. The Morgan fingerprint density at radius 2 is 1.89 bits per heavy atom. The molecule has 0 bridgehead atoms. The van der Waals surface area contributed by atoms with Crippen LogP contribution in [0.15, 0.2) is 34.7 Å². The van der Waals surface area contributed by atoms with E-state index in [1.165, 1.54) is 19.3 Å². The van der Waals surface area contributed by atoms with Crippen molar-refractivity contribution in [1.29, 1.82) is 0 Å². The molecule has 0 spiro atoms. The van der Waals surface area contributed by atoms with Crippen LogP contribution < -0.4 is 0 Å². The smallest absolute Gasteiger partial charge is 0.144 e. The van der Waals surface area contributed by atoms with E-state index >= 15 is 0 Å². The van der Waals surface area contributed by atoms with Crippen molar-refractivity contribution in [3.63, 3.8) is 0 Å². The van der Waals surface area contributed by atoms with Crippen LogP contribution in [0.1, 0.15) is 52.0 Å². The van der Waals surface area contributed by atoms with Crippen LogP contribution in [0.2, 0.25) is 0 Å². The molecule has 104 valence electrons. The summed E-state index contributed by atoms with van der Waals surface area (Å²) in [6.45, 7) is 5.91. The molecule has 2 nitrogen and oxygen atoms in total. The second kappa shape index (κ2) is 6.10. The summed E-state index contributed by atoms with van der Waals surface area (Å²) in [6, 6.07) is 10.2. The van der Waals surface area contributed by atoms with Crippen LogP contribution in [-0.4, -0.2) is 15.0 Å². The third kappa shape index (κ3) is 4.66. The third-order valence-electron chi connectivity index (χ3n) is 3.31. The molecule has 2 rings (SSSR count). The summed E-state index contributed by atoms with van der Waals surface area (Å²) in [6.07, 6.45) is 4.82. The fourth-order valence-electron chi connectivity index (χ4n) is 1.86. The molecule has 0 radical (unpaired) electrons. The molecule has 19 heavy (non-hydrogen) atoms. The average Bonchev–Trinajstić information content (AvgIpc) is 3.18. The first-order chi connectivity index (χ1) is 8.97. The molecule has 1 aromatic rings. The van der Waals surface area contributed by atoms with Gasteiger partial charge in [0.1, 0.15) is 16.1 Å². The Balaban J connectivity index is 2.15. The lowest BCUT2D eigenvalue weighted by atomic mass is 10.0. The largest absolute Gasteiger partial charge is 0.591 e. The summed E-state index contributed by atoms with van der Waals surface area (Å²) in [5.74, 6) is 0.872. The molecule has 0 aromatic heterocycles. The normalized spacial score (nSPS) is 18.4. The van der Waals surface area contributed by atoms with Gasteiger partial charge in [0.25, 0.3) is 0 Å². The van der Waals surface area contributed by atoms with Gasteiger partial charge in [-0.2, -0.15) is 0 Å². The second-order valence-electron chi connectivity index (χ2n) is 6.25. The van der Waals surface area contributed by atoms with Crippen LogP contribution >= 0.6 is 0 Å². The molecule has 3 heteroatoms. The Labute approximate surface area is 119 Å². The molecule has 1 unspecified atom stereocenters. The lowest BCUT2D eigenvalue weighted by Crippen LogP contribution is -2.27. The maximum atomic E-state index is 12.2. The predicted octanol–water partition coefficient (Wildman–Crippen LogP) is 4.13. The van der Waals surface area contributed by atoms with Gasteiger partial charge >= 0.3 is 0 Å². The highest BCUT2D eigenvalue weighted by molar-refractivity contribution is 7.91. The maximum Gasteiger partial charge on any atom is 0.144 e. The van der Waals surface area contributed by atoms with Crippen LogP contribution in [0.25, 0.3) is 0 Å². The zero-order chi connectivity index (χ0) is 13.9. The Morgan fingerprint density at radius 1 is 1.26 bits per heavy atom. The van der Waals surface area contributed by atoms with Crippen molar-refractivity contribution in [3.8, 4) is 0 Å². The summed E-state index contributed by atoms with van der Waals surface area (Å²) >= 11 is -1.17. The number of benzene rings is 1. The number of hydrogen-bond acceptors (Lipinski definition) is 2. The summed E-state index contributed by atoms with van der Waals surface area (Å²) in [5, 5.41) is 0. The Hall–Kier alpha value is -0.800. The molecule has 0 N–H and O–H groups in total. The van der Waals surface area contributed by atoms with E-state index < -0.39 is 11.4 Å². The van der Waals surface area contributed by atoms with E-state index in [4.69, 9.17) is 0 Å². The van der Waals surface area contributed by atoms with E-state index in [0.717, 1.165) is 23.6 Å². The lowest BCUT2D eigenvalue weighted by molar-refractivity contribution is 0.561. The van der Waals surface area contributed by atoms with Crippen LogP contribution in [-0.2, 0) is 11.4 Å². The van der Waals surface area contributed by atoms with Crippen LogP contribution in [0.5, 0.6) is 0 Å². The molecule has 0 amide bonds. The van der Waals surface area contributed by atoms with Crippen molar-refractivity contribution in [1.82, 2.24) is 0 Å². The van der Waals surface area contributed by atoms with Crippen molar-refractivity contribution in [2.24, 2.45) is 10.3 Å². The van der Waals surface area contributed by atoms with E-state index in [1.54, 1.807) is 0 Å². The highest BCUT2D eigenvalue weighted by Crippen LogP contribution is 2.34. The number of rotatable bonds is 5. The minimum absolute atomic E-state index is 0.292. The van der Waals surface area contributed by atoms with E-state index in [-0.39, 0.29) is 4.75 Å². The van der Waals surface area contributed by atoms with Gasteiger partial charge in [-0.05, 0) is 39.5 Å². The highest BCUT2D eigenvalue weighted by atomic mass is 32.2. The zero-order valence-electron chi connectivity index (χ0n) is 12.1. The third-order valence-corrected chi connectivity index (χ3v) is 4.74. The van der Waals surface area contributed by atoms with E-state index in [2.05, 4.69) is 16.5 Å². The molecule has 0 saturated heterocycles. The van der Waals surface area contributed by atoms with Crippen molar-refractivity contribution in [2.45, 2.75) is 51.2 Å². The Morgan fingerprint density at radius 3 is 2.42 bits per heavy atom. The molecule has 1 aliphatic rings. The predicted molar refractivity (Wildman–Crippen MR) is 82.8 cm³/mol. The Bertz CT molecular complexity index is 432. The summed E-state index contributed by atoms with van der Waals surface area (Å²) in [5.41, 5.74) is 2.11. The molecule has 0 heterocycles. The van der Waals surface area contributed by atoms with Gasteiger partial charge in [-0.15, -0.1) is 0 Å². The van der Waals surface area contributed by atoms with E-state index in [9.17, 15) is 4.55 Å². The monoisotopic (exact) mass is 277 g/mol. The Kier molecular flexibility index (Phi) is 4.69. The van der Waals surface area contributed by atoms with Gasteiger partial charge < -0.3 is 4.55 Å². The first-order valence-electron chi connectivity index (χ1n) is 7.02. The van der Waals surface area contributed by atoms with E-state index in [0.29, 0.717) is 0 Å². The quantitative estimate of drug-likeness (QED) is 0.589. The van der Waals surface area contributed by atoms with Gasteiger partial charge in [0.05, 0.1) is 5.71 Å². The molecule has 1 saturated carbocycles. The van der Waals surface area contributed by atoms with Crippen molar-refractivity contribution >= 4 is 17.1 Å². The molecular weight excluding hydrogens is 254 g/mol. The van der Waals surface area contributed by atoms with Gasteiger partial charge in [-0.1, -0.05) is 47.6 Å². The molecule has 1 aromatic carbocycles. The molecule has 1 fully saturated rings. The topological polar surface area (TPSA) is 35.4 Å². The fraction of sp³-hybridized carbons (Fsp3) is 0.562. The number of nitrogens with zero attached hydrogens (tertiary/aromatic N) is 1. The minimum Gasteiger partial charge on any atom is -0.591 e. The molecule has 1 atom stereocenters.